The van der Waals surface area contributed by atoms with Crippen LogP contribution in [-0.4, -0.2) is 21.4 Å². The molecule has 144 valence electrons. The summed E-state index contributed by atoms with van der Waals surface area (Å²) in [6, 6.07) is 5.97. The number of rotatable bonds is 13. The van der Waals surface area contributed by atoms with Crippen molar-refractivity contribution in [2.45, 2.75) is 82.4 Å². The Labute approximate surface area is 151 Å². The van der Waals surface area contributed by atoms with E-state index in [0.29, 0.717) is 12.0 Å². The Kier molecular flexibility index (Phi) is 9.67. The smallest absolute Gasteiger partial charge is 0.273 e. The van der Waals surface area contributed by atoms with Crippen LogP contribution in [-0.2, 0) is 24.4 Å². The van der Waals surface area contributed by atoms with Crippen LogP contribution in [0.5, 0.6) is 0 Å². The van der Waals surface area contributed by atoms with Crippen molar-refractivity contribution in [2.75, 3.05) is 0 Å². The van der Waals surface area contributed by atoms with E-state index < -0.39 is 18.0 Å². The first-order valence-electron chi connectivity index (χ1n) is 9.11. The molecular formula is C18H30O5S2. The summed E-state index contributed by atoms with van der Waals surface area (Å²) in [7, 11) is -9.90. The van der Waals surface area contributed by atoms with Gasteiger partial charge in [0.05, 0.1) is 4.90 Å². The Bertz CT molecular complexity index is 709. The quantitative estimate of drug-likeness (QED) is 0.299. The van der Waals surface area contributed by atoms with Gasteiger partial charge in [-0.25, -0.2) is 8.42 Å². The minimum Gasteiger partial charge on any atom is -0.273 e. The van der Waals surface area contributed by atoms with Gasteiger partial charge in [-0.1, -0.05) is 82.9 Å². The Morgan fingerprint density at radius 2 is 1.24 bits per heavy atom. The predicted molar refractivity (Wildman–Crippen MR) is 101 cm³/mol. The second kappa shape index (κ2) is 10.9. The summed E-state index contributed by atoms with van der Waals surface area (Å²) in [5, 5.41) is 0. The molecule has 0 saturated heterocycles. The van der Waals surface area contributed by atoms with Crippen LogP contribution in [0.25, 0.3) is 0 Å². The summed E-state index contributed by atoms with van der Waals surface area (Å²) < 4.78 is 55.0. The average molecular weight is 391 g/mol. The molecule has 1 aromatic rings. The fraction of sp³-hybridized carbons (Fsp3) is 0.667. The highest BCUT2D eigenvalue weighted by Gasteiger charge is 2.31. The number of hydrogen-bond donors (Lipinski definition) is 1. The molecule has 0 amide bonds. The zero-order valence-electron chi connectivity index (χ0n) is 15.0. The van der Waals surface area contributed by atoms with E-state index in [1.807, 2.05) is 0 Å². The normalized spacial score (nSPS) is 12.4. The molecule has 7 heteroatoms. The minimum atomic E-state index is -5.16. The monoisotopic (exact) mass is 390 g/mol. The van der Waals surface area contributed by atoms with E-state index in [4.69, 9.17) is 4.55 Å². The van der Waals surface area contributed by atoms with Gasteiger partial charge in [0, 0.05) is 0 Å². The fourth-order valence-corrected chi connectivity index (χ4v) is 5.00. The van der Waals surface area contributed by atoms with Gasteiger partial charge >= 0.3 is 18.0 Å². The predicted octanol–water partition coefficient (Wildman–Crippen LogP) is 4.73. The molecule has 0 heterocycles. The molecule has 0 unspecified atom stereocenters. The number of aryl methyl sites for hydroxylation is 1. The first-order valence-corrected chi connectivity index (χ1v) is 12.5. The zero-order chi connectivity index (χ0) is 18.8. The first-order chi connectivity index (χ1) is 11.8. The molecule has 0 aliphatic carbocycles. The molecule has 0 aliphatic rings. The summed E-state index contributed by atoms with van der Waals surface area (Å²) in [5.41, 5.74) is 0.444. The second-order valence-corrected chi connectivity index (χ2v) is 11.2. The van der Waals surface area contributed by atoms with Crippen molar-refractivity contribution in [1.29, 1.82) is 0 Å². The molecule has 0 saturated carbocycles. The van der Waals surface area contributed by atoms with Crippen LogP contribution in [0.3, 0.4) is 0 Å². The standard InChI is InChI=1S/C18H30O5S2/c1-2-3-4-5-6-7-8-9-10-11-14-17-15-12-13-16-18(17)24(19,20)25(21,22)23/h12-13,15-16H,2-11,14H2,1H3,(H,21,22,23). The topological polar surface area (TPSA) is 88.5 Å². The molecule has 0 radical (unpaired) electrons. The van der Waals surface area contributed by atoms with Crippen LogP contribution in [0, 0.1) is 0 Å². The van der Waals surface area contributed by atoms with E-state index in [1.165, 1.54) is 57.1 Å². The SMILES string of the molecule is CCCCCCCCCCCCc1ccccc1S(=O)(=O)S(=O)(=O)O. The molecule has 1 N–H and O–H groups in total. The third kappa shape index (κ3) is 7.46. The second-order valence-electron chi connectivity index (χ2n) is 6.42. The summed E-state index contributed by atoms with van der Waals surface area (Å²) in [6.07, 6.45) is 12.2. The minimum absolute atomic E-state index is 0.312. The summed E-state index contributed by atoms with van der Waals surface area (Å²) >= 11 is 0. The molecule has 1 aromatic carbocycles. The Morgan fingerprint density at radius 3 is 1.76 bits per heavy atom. The molecule has 0 spiro atoms. The molecule has 0 atom stereocenters. The van der Waals surface area contributed by atoms with Crippen molar-refractivity contribution in [1.82, 2.24) is 0 Å². The molecule has 25 heavy (non-hydrogen) atoms. The van der Waals surface area contributed by atoms with Gasteiger partial charge in [0.2, 0.25) is 0 Å². The first kappa shape index (κ1) is 22.1. The van der Waals surface area contributed by atoms with E-state index in [2.05, 4.69) is 6.92 Å². The maximum atomic E-state index is 11.9. The van der Waals surface area contributed by atoms with E-state index in [1.54, 1.807) is 12.1 Å². The van der Waals surface area contributed by atoms with Gasteiger partial charge in [-0.2, -0.15) is 8.42 Å². The van der Waals surface area contributed by atoms with Crippen LogP contribution in [0.2, 0.25) is 0 Å². The van der Waals surface area contributed by atoms with E-state index in [0.717, 1.165) is 19.3 Å². The average Bonchev–Trinajstić information content (AvgIpc) is 2.56. The largest absolute Gasteiger partial charge is 0.377 e. The maximum absolute atomic E-state index is 11.9. The molecule has 0 bridgehead atoms. The van der Waals surface area contributed by atoms with Crippen LogP contribution in [0.1, 0.15) is 76.7 Å². The Morgan fingerprint density at radius 1 is 0.760 bits per heavy atom. The summed E-state index contributed by atoms with van der Waals surface area (Å²) in [5.74, 6) is 0. The van der Waals surface area contributed by atoms with Gasteiger partial charge in [0.1, 0.15) is 0 Å². The lowest BCUT2D eigenvalue weighted by molar-refractivity contribution is 0.492. The van der Waals surface area contributed by atoms with Crippen LogP contribution in [0.15, 0.2) is 29.2 Å². The zero-order valence-corrected chi connectivity index (χ0v) is 16.6. The lowest BCUT2D eigenvalue weighted by Gasteiger charge is -2.08. The summed E-state index contributed by atoms with van der Waals surface area (Å²) in [4.78, 5) is -0.312. The van der Waals surface area contributed by atoms with E-state index in [-0.39, 0.29) is 4.90 Å². The van der Waals surface area contributed by atoms with Gasteiger partial charge < -0.3 is 0 Å². The van der Waals surface area contributed by atoms with E-state index >= 15 is 0 Å². The van der Waals surface area contributed by atoms with Crippen molar-refractivity contribution in [3.05, 3.63) is 29.8 Å². The van der Waals surface area contributed by atoms with Gasteiger partial charge in [0.25, 0.3) is 0 Å². The molecular weight excluding hydrogens is 360 g/mol. The van der Waals surface area contributed by atoms with Crippen molar-refractivity contribution in [3.63, 3.8) is 0 Å². The van der Waals surface area contributed by atoms with Crippen LogP contribution < -0.4 is 0 Å². The van der Waals surface area contributed by atoms with Crippen LogP contribution >= 0.6 is 0 Å². The van der Waals surface area contributed by atoms with E-state index in [9.17, 15) is 16.8 Å². The highest BCUT2D eigenvalue weighted by atomic mass is 33.2. The van der Waals surface area contributed by atoms with Gasteiger partial charge in [-0.15, -0.1) is 0 Å². The highest BCUT2D eigenvalue weighted by Crippen LogP contribution is 2.22. The fourth-order valence-electron chi connectivity index (χ4n) is 2.87. The number of benzene rings is 1. The highest BCUT2D eigenvalue weighted by molar-refractivity contribution is 8.65. The van der Waals surface area contributed by atoms with Crippen molar-refractivity contribution in [2.24, 2.45) is 0 Å². The van der Waals surface area contributed by atoms with Gasteiger partial charge in [-0.05, 0) is 24.5 Å². The van der Waals surface area contributed by atoms with Crippen molar-refractivity contribution < 1.29 is 21.4 Å². The van der Waals surface area contributed by atoms with Crippen molar-refractivity contribution in [3.8, 4) is 0 Å². The van der Waals surface area contributed by atoms with Crippen LogP contribution in [0.4, 0.5) is 0 Å². The molecule has 0 aliphatic heterocycles. The lowest BCUT2D eigenvalue weighted by atomic mass is 10.0. The molecule has 0 fully saturated rings. The van der Waals surface area contributed by atoms with Gasteiger partial charge in [0.15, 0.2) is 0 Å². The molecule has 1 rings (SSSR count). The maximum Gasteiger partial charge on any atom is 0.377 e. The third-order valence-corrected chi connectivity index (χ3v) is 8.01. The molecule has 0 aromatic heterocycles. The summed E-state index contributed by atoms with van der Waals surface area (Å²) in [6.45, 7) is 2.21. The van der Waals surface area contributed by atoms with Crippen molar-refractivity contribution >= 4 is 18.0 Å². The third-order valence-electron chi connectivity index (χ3n) is 4.32. The Hall–Kier alpha value is -0.920. The number of unbranched alkanes of at least 4 members (excludes halogenated alkanes) is 9. The number of hydrogen-bond acceptors (Lipinski definition) is 4. The lowest BCUT2D eigenvalue weighted by Crippen LogP contribution is -2.16. The Balaban J connectivity index is 2.40. The van der Waals surface area contributed by atoms with Gasteiger partial charge in [-0.3, -0.25) is 4.55 Å². The molecule has 5 nitrogen and oxygen atoms in total.